The van der Waals surface area contributed by atoms with E-state index in [-0.39, 0.29) is 10.9 Å². The van der Waals surface area contributed by atoms with Crippen LogP contribution in [0.25, 0.3) is 0 Å². The van der Waals surface area contributed by atoms with Gasteiger partial charge in [0.05, 0.1) is 5.33 Å². The summed E-state index contributed by atoms with van der Waals surface area (Å²) < 4.78 is 5.94. The van der Waals surface area contributed by atoms with Crippen molar-refractivity contribution in [2.45, 2.75) is 32.7 Å². The molecule has 0 aliphatic carbocycles. The molecule has 0 aliphatic heterocycles. The standard InChI is InChI=1S/C14H22BrNO2Si/c1-10(2)14(3,4)19-18-12-7-5-11(6-8-12)16-13(17)9-15/h5-8,10H,9,19H2,1-4H3,(H,16,17). The molecule has 0 saturated carbocycles. The highest BCUT2D eigenvalue weighted by Crippen LogP contribution is 2.33. The van der Waals surface area contributed by atoms with Crippen LogP contribution in [-0.4, -0.2) is 21.0 Å². The minimum Gasteiger partial charge on any atom is -0.549 e. The quantitative estimate of drug-likeness (QED) is 0.635. The number of amides is 1. The number of carbonyl (C=O) groups is 1. The third kappa shape index (κ3) is 5.36. The Balaban J connectivity index is 2.55. The van der Waals surface area contributed by atoms with Gasteiger partial charge in [-0.15, -0.1) is 0 Å². The molecule has 0 spiro atoms. The van der Waals surface area contributed by atoms with E-state index in [1.165, 1.54) is 0 Å². The van der Waals surface area contributed by atoms with E-state index in [2.05, 4.69) is 48.9 Å². The Morgan fingerprint density at radius 3 is 2.42 bits per heavy atom. The third-order valence-electron chi connectivity index (χ3n) is 3.43. The normalized spacial score (nSPS) is 12.1. The molecule has 1 rings (SSSR count). The zero-order valence-corrected chi connectivity index (χ0v) is 15.0. The highest BCUT2D eigenvalue weighted by molar-refractivity contribution is 9.09. The summed E-state index contributed by atoms with van der Waals surface area (Å²) in [7, 11) is -0.640. The first-order valence-corrected chi connectivity index (χ1v) is 8.84. The number of benzene rings is 1. The summed E-state index contributed by atoms with van der Waals surface area (Å²) in [5, 5.41) is 3.37. The fraction of sp³-hybridized carbons (Fsp3) is 0.500. The number of hydrogen-bond acceptors (Lipinski definition) is 2. The Kier molecular flexibility index (Phi) is 6.07. The van der Waals surface area contributed by atoms with E-state index < -0.39 is 9.76 Å². The summed E-state index contributed by atoms with van der Waals surface area (Å²) in [6.07, 6.45) is 0. The van der Waals surface area contributed by atoms with Crippen molar-refractivity contribution < 1.29 is 9.22 Å². The van der Waals surface area contributed by atoms with E-state index in [4.69, 9.17) is 4.43 Å². The fourth-order valence-corrected chi connectivity index (χ4v) is 2.47. The number of carbonyl (C=O) groups excluding carboxylic acids is 1. The Labute approximate surface area is 126 Å². The van der Waals surface area contributed by atoms with Gasteiger partial charge in [-0.05, 0) is 35.2 Å². The van der Waals surface area contributed by atoms with Crippen molar-refractivity contribution in [3.8, 4) is 5.75 Å². The summed E-state index contributed by atoms with van der Waals surface area (Å²) in [5.41, 5.74) is 0.793. The molecule has 0 fully saturated rings. The van der Waals surface area contributed by atoms with Gasteiger partial charge in [-0.2, -0.15) is 0 Å². The molecule has 5 heteroatoms. The molecule has 0 atom stereocenters. The number of rotatable bonds is 6. The molecular weight excluding hydrogens is 322 g/mol. The summed E-state index contributed by atoms with van der Waals surface area (Å²) in [6.45, 7) is 8.98. The number of halogens is 1. The van der Waals surface area contributed by atoms with Gasteiger partial charge >= 0.3 is 0 Å². The van der Waals surface area contributed by atoms with Crippen molar-refractivity contribution in [1.29, 1.82) is 0 Å². The van der Waals surface area contributed by atoms with Crippen LogP contribution in [0.1, 0.15) is 27.7 Å². The first-order chi connectivity index (χ1) is 8.85. The topological polar surface area (TPSA) is 38.3 Å². The Morgan fingerprint density at radius 2 is 1.95 bits per heavy atom. The molecule has 1 aromatic rings. The van der Waals surface area contributed by atoms with Crippen LogP contribution in [0.3, 0.4) is 0 Å². The Hall–Kier alpha value is -0.813. The molecule has 0 unspecified atom stereocenters. The molecule has 0 heterocycles. The van der Waals surface area contributed by atoms with Gasteiger partial charge in [-0.1, -0.05) is 43.6 Å². The minimum atomic E-state index is -0.640. The minimum absolute atomic E-state index is 0.0519. The lowest BCUT2D eigenvalue weighted by Gasteiger charge is -2.28. The van der Waals surface area contributed by atoms with Gasteiger partial charge in [0.2, 0.25) is 15.7 Å². The number of anilines is 1. The zero-order chi connectivity index (χ0) is 14.5. The summed E-state index contributed by atoms with van der Waals surface area (Å²) in [4.78, 5) is 11.2. The van der Waals surface area contributed by atoms with E-state index in [1.54, 1.807) is 0 Å². The van der Waals surface area contributed by atoms with Gasteiger partial charge in [0, 0.05) is 5.69 Å². The molecule has 0 aliphatic rings. The van der Waals surface area contributed by atoms with E-state index in [1.807, 2.05) is 24.3 Å². The maximum atomic E-state index is 11.2. The molecule has 3 nitrogen and oxygen atoms in total. The van der Waals surface area contributed by atoms with E-state index >= 15 is 0 Å². The molecule has 0 saturated heterocycles. The summed E-state index contributed by atoms with van der Waals surface area (Å²) >= 11 is 3.12. The molecule has 0 aromatic heterocycles. The van der Waals surface area contributed by atoms with E-state index in [9.17, 15) is 4.79 Å². The predicted octanol–water partition coefficient (Wildman–Crippen LogP) is 3.34. The van der Waals surface area contributed by atoms with E-state index in [0.29, 0.717) is 11.2 Å². The van der Waals surface area contributed by atoms with Crippen LogP contribution in [0.5, 0.6) is 5.75 Å². The van der Waals surface area contributed by atoms with Gasteiger partial charge in [0.1, 0.15) is 5.75 Å². The number of alkyl halides is 1. The zero-order valence-electron chi connectivity index (χ0n) is 12.0. The second kappa shape index (κ2) is 7.10. The van der Waals surface area contributed by atoms with Crippen LogP contribution in [-0.2, 0) is 4.79 Å². The van der Waals surface area contributed by atoms with Crippen molar-refractivity contribution in [2.75, 3.05) is 10.6 Å². The first kappa shape index (κ1) is 16.2. The van der Waals surface area contributed by atoms with Gasteiger partial charge in [-0.25, -0.2) is 0 Å². The SMILES string of the molecule is CC(C)C(C)(C)[SiH2]Oc1ccc(NC(=O)CBr)cc1. The Morgan fingerprint density at radius 1 is 1.37 bits per heavy atom. The smallest absolute Gasteiger partial charge is 0.235 e. The molecule has 0 bridgehead atoms. The average Bonchev–Trinajstić information content (AvgIpc) is 2.37. The van der Waals surface area contributed by atoms with Crippen molar-refractivity contribution in [3.05, 3.63) is 24.3 Å². The van der Waals surface area contributed by atoms with Crippen LogP contribution in [0.15, 0.2) is 24.3 Å². The maximum absolute atomic E-state index is 11.2. The summed E-state index contributed by atoms with van der Waals surface area (Å²) in [6, 6.07) is 7.56. The third-order valence-corrected chi connectivity index (χ3v) is 5.98. The lowest BCUT2D eigenvalue weighted by Crippen LogP contribution is -2.24. The van der Waals surface area contributed by atoms with Crippen LogP contribution < -0.4 is 9.74 Å². The molecule has 19 heavy (non-hydrogen) atoms. The number of nitrogens with one attached hydrogen (secondary N) is 1. The number of hydrogen-bond donors (Lipinski definition) is 1. The van der Waals surface area contributed by atoms with Crippen LogP contribution >= 0.6 is 15.9 Å². The monoisotopic (exact) mass is 343 g/mol. The highest BCUT2D eigenvalue weighted by Gasteiger charge is 2.24. The summed E-state index contributed by atoms with van der Waals surface area (Å²) in [5.74, 6) is 1.46. The predicted molar refractivity (Wildman–Crippen MR) is 86.9 cm³/mol. The lowest BCUT2D eigenvalue weighted by atomic mass is 9.99. The maximum Gasteiger partial charge on any atom is 0.235 e. The molecule has 106 valence electrons. The lowest BCUT2D eigenvalue weighted by molar-refractivity contribution is -0.113. The molecule has 1 aromatic carbocycles. The van der Waals surface area contributed by atoms with Crippen LogP contribution in [0.2, 0.25) is 5.04 Å². The van der Waals surface area contributed by atoms with Gasteiger partial charge in [-0.3, -0.25) is 4.79 Å². The van der Waals surface area contributed by atoms with Crippen molar-refractivity contribution in [3.63, 3.8) is 0 Å². The second-order valence-electron chi connectivity index (χ2n) is 5.64. The van der Waals surface area contributed by atoms with Crippen LogP contribution in [0, 0.1) is 5.92 Å². The van der Waals surface area contributed by atoms with E-state index in [0.717, 1.165) is 11.4 Å². The molecular formula is C14H22BrNO2Si. The van der Waals surface area contributed by atoms with Gasteiger partial charge < -0.3 is 9.74 Å². The largest absolute Gasteiger partial charge is 0.549 e. The first-order valence-electron chi connectivity index (χ1n) is 6.44. The van der Waals surface area contributed by atoms with Crippen LogP contribution in [0.4, 0.5) is 5.69 Å². The van der Waals surface area contributed by atoms with Crippen molar-refractivity contribution >= 4 is 37.3 Å². The van der Waals surface area contributed by atoms with Crippen molar-refractivity contribution in [1.82, 2.24) is 0 Å². The van der Waals surface area contributed by atoms with Gasteiger partial charge in [0.15, 0.2) is 0 Å². The molecule has 1 N–H and O–H groups in total. The van der Waals surface area contributed by atoms with Gasteiger partial charge in [0.25, 0.3) is 0 Å². The van der Waals surface area contributed by atoms with Crippen molar-refractivity contribution in [2.24, 2.45) is 5.92 Å². The second-order valence-corrected chi connectivity index (χ2v) is 8.60. The highest BCUT2D eigenvalue weighted by atomic mass is 79.9. The Bertz CT molecular complexity index is 418. The molecule has 1 amide bonds. The average molecular weight is 344 g/mol. The fourth-order valence-electron chi connectivity index (χ4n) is 1.26. The molecule has 0 radical (unpaired) electrons.